The van der Waals surface area contributed by atoms with Gasteiger partial charge in [-0.05, 0) is 80.3 Å². The fraction of sp³-hybridized carbons (Fsp3) is 0.231. The number of nitrogens with zero attached hydrogens (tertiary/aromatic N) is 5. The van der Waals surface area contributed by atoms with Crippen molar-refractivity contribution >= 4 is 52.4 Å². The van der Waals surface area contributed by atoms with Crippen LogP contribution in [-0.4, -0.2) is 38.2 Å². The van der Waals surface area contributed by atoms with E-state index in [9.17, 15) is 4.21 Å². The summed E-state index contributed by atoms with van der Waals surface area (Å²) in [5, 5.41) is 0. The molecule has 2 aliphatic rings. The van der Waals surface area contributed by atoms with Crippen LogP contribution in [0.1, 0.15) is 31.2 Å². The first-order chi connectivity index (χ1) is 16.7. The van der Waals surface area contributed by atoms with E-state index in [1.165, 1.54) is 0 Å². The molecule has 0 N–H and O–H groups in total. The van der Waals surface area contributed by atoms with Gasteiger partial charge in [-0.1, -0.05) is 30.9 Å². The van der Waals surface area contributed by atoms with E-state index in [0.29, 0.717) is 6.67 Å². The maximum Gasteiger partial charge on any atom is 0.185 e. The van der Waals surface area contributed by atoms with E-state index in [2.05, 4.69) is 27.9 Å². The van der Waals surface area contributed by atoms with E-state index in [-0.39, 0.29) is 0 Å². The minimum atomic E-state index is -1.11. The highest BCUT2D eigenvalue weighted by Gasteiger charge is 2.32. The first kappa shape index (κ1) is 22.8. The number of rotatable bonds is 7. The normalized spacial score (nSPS) is 16.9. The quantitative estimate of drug-likeness (QED) is 0.386. The van der Waals surface area contributed by atoms with Crippen LogP contribution < -0.4 is 9.21 Å². The third-order valence-electron chi connectivity index (χ3n) is 5.80. The lowest BCUT2D eigenvalue weighted by molar-refractivity contribution is 0.536. The maximum absolute atomic E-state index is 12.9. The third kappa shape index (κ3) is 4.53. The van der Waals surface area contributed by atoms with Crippen molar-refractivity contribution in [1.29, 1.82) is 0 Å². The second kappa shape index (κ2) is 10.1. The Hall–Kier alpha value is -2.94. The van der Waals surface area contributed by atoms with Gasteiger partial charge in [-0.3, -0.25) is 4.31 Å². The molecule has 1 fully saturated rings. The predicted octanol–water partition coefficient (Wildman–Crippen LogP) is 5.89. The number of hydrogen-bond acceptors (Lipinski definition) is 6. The van der Waals surface area contributed by atoms with E-state index >= 15 is 0 Å². The molecule has 0 bridgehead atoms. The summed E-state index contributed by atoms with van der Waals surface area (Å²) in [4.78, 5) is 14.0. The Labute approximate surface area is 207 Å². The highest BCUT2D eigenvalue weighted by Crippen LogP contribution is 2.43. The van der Waals surface area contributed by atoms with Crippen LogP contribution in [-0.2, 0) is 11.0 Å². The number of benzene rings is 2. The van der Waals surface area contributed by atoms with Crippen LogP contribution in [0.4, 0.5) is 17.3 Å². The Morgan fingerprint density at radius 1 is 0.971 bits per heavy atom. The lowest BCUT2D eigenvalue weighted by Crippen LogP contribution is -2.23. The molecule has 8 heteroatoms. The zero-order valence-electron chi connectivity index (χ0n) is 19.1. The summed E-state index contributed by atoms with van der Waals surface area (Å²) in [5.41, 5.74) is 2.54. The van der Waals surface area contributed by atoms with Gasteiger partial charge in [0.1, 0.15) is 17.7 Å². The summed E-state index contributed by atoms with van der Waals surface area (Å²) in [7, 11) is -1.11. The van der Waals surface area contributed by atoms with Crippen molar-refractivity contribution in [2.75, 3.05) is 29.0 Å². The summed E-state index contributed by atoms with van der Waals surface area (Å²) in [6.07, 6.45) is 7.89. The molecule has 0 amide bonds. The minimum absolute atomic E-state index is 0.597. The van der Waals surface area contributed by atoms with Gasteiger partial charge in [0.05, 0.1) is 16.3 Å². The highest BCUT2D eigenvalue weighted by atomic mass is 32.2. The molecule has 1 aromatic heterocycles. The topological polar surface area (TPSA) is 52.6 Å². The summed E-state index contributed by atoms with van der Waals surface area (Å²) in [6.45, 7) is 8.30. The molecule has 0 spiro atoms. The summed E-state index contributed by atoms with van der Waals surface area (Å²) in [6, 6.07) is 18.3. The molecule has 2 aliphatic heterocycles. The smallest absolute Gasteiger partial charge is 0.185 e. The Kier molecular flexibility index (Phi) is 6.80. The van der Waals surface area contributed by atoms with Crippen LogP contribution >= 0.6 is 11.9 Å². The van der Waals surface area contributed by atoms with Crippen molar-refractivity contribution in [2.45, 2.75) is 29.6 Å². The lowest BCUT2D eigenvalue weighted by Gasteiger charge is -2.20. The van der Waals surface area contributed by atoms with Gasteiger partial charge >= 0.3 is 0 Å². The number of hydrogen-bond donors (Lipinski definition) is 0. The van der Waals surface area contributed by atoms with Crippen molar-refractivity contribution in [1.82, 2.24) is 14.3 Å². The van der Waals surface area contributed by atoms with Gasteiger partial charge in [-0.2, -0.15) is 0 Å². The zero-order valence-corrected chi connectivity index (χ0v) is 20.8. The van der Waals surface area contributed by atoms with Crippen LogP contribution in [0.25, 0.3) is 12.2 Å². The Balaban J connectivity index is 1.49. The van der Waals surface area contributed by atoms with Crippen LogP contribution in [0.15, 0.2) is 77.0 Å². The molecule has 1 saturated heterocycles. The predicted molar refractivity (Wildman–Crippen MR) is 142 cm³/mol. The average molecular weight is 490 g/mol. The van der Waals surface area contributed by atoms with Crippen molar-refractivity contribution in [2.24, 2.45) is 0 Å². The molecule has 1 atom stereocenters. The fourth-order valence-electron chi connectivity index (χ4n) is 4.11. The van der Waals surface area contributed by atoms with Gasteiger partial charge in [0.15, 0.2) is 11.6 Å². The lowest BCUT2D eigenvalue weighted by atomic mass is 10.2. The van der Waals surface area contributed by atoms with Crippen LogP contribution in [0, 0.1) is 0 Å². The van der Waals surface area contributed by atoms with E-state index in [0.717, 1.165) is 64.4 Å². The second-order valence-electron chi connectivity index (χ2n) is 8.08. The fourth-order valence-corrected chi connectivity index (χ4v) is 6.29. The molecule has 34 heavy (non-hydrogen) atoms. The molecule has 0 saturated carbocycles. The van der Waals surface area contributed by atoms with E-state index in [1.54, 1.807) is 18.0 Å². The van der Waals surface area contributed by atoms with Crippen LogP contribution in [0.2, 0.25) is 0 Å². The molecular weight excluding hydrogens is 462 g/mol. The van der Waals surface area contributed by atoms with Gasteiger partial charge in [-0.25, -0.2) is 18.5 Å². The summed E-state index contributed by atoms with van der Waals surface area (Å²) < 4.78 is 17.1. The SMILES string of the molecule is C=Cc1nc2c(nc1/C=C\C)N(c1ccc(S(=O)N3CCCC3)cc1)CN2Sc1ccccc1. The molecular formula is C26H27N5OS2. The van der Waals surface area contributed by atoms with Gasteiger partial charge in [0.2, 0.25) is 0 Å². The van der Waals surface area contributed by atoms with Gasteiger partial charge in [0.25, 0.3) is 0 Å². The van der Waals surface area contributed by atoms with E-state index < -0.39 is 11.0 Å². The molecule has 174 valence electrons. The number of fused-ring (bicyclic) bond motifs is 1. The average Bonchev–Trinajstić information content (AvgIpc) is 3.53. The summed E-state index contributed by atoms with van der Waals surface area (Å²) in [5.74, 6) is 1.61. The van der Waals surface area contributed by atoms with Gasteiger partial charge in [0, 0.05) is 23.7 Å². The molecule has 6 nitrogen and oxygen atoms in total. The van der Waals surface area contributed by atoms with E-state index in [1.807, 2.05) is 65.8 Å². The Morgan fingerprint density at radius 2 is 1.68 bits per heavy atom. The monoisotopic (exact) mass is 489 g/mol. The minimum Gasteiger partial charge on any atom is -0.304 e. The number of aromatic nitrogens is 2. The van der Waals surface area contributed by atoms with Crippen molar-refractivity contribution in [3.8, 4) is 0 Å². The van der Waals surface area contributed by atoms with Crippen LogP contribution in [0.5, 0.6) is 0 Å². The molecule has 3 aromatic rings. The highest BCUT2D eigenvalue weighted by molar-refractivity contribution is 8.00. The second-order valence-corrected chi connectivity index (χ2v) is 10.7. The summed E-state index contributed by atoms with van der Waals surface area (Å²) >= 11 is 1.64. The first-order valence-corrected chi connectivity index (χ1v) is 13.3. The molecule has 5 rings (SSSR count). The van der Waals surface area contributed by atoms with Gasteiger partial charge < -0.3 is 4.90 Å². The number of anilines is 3. The molecule has 1 unspecified atom stereocenters. The third-order valence-corrected chi connectivity index (χ3v) is 8.30. The zero-order chi connectivity index (χ0) is 23.5. The first-order valence-electron chi connectivity index (χ1n) is 11.4. The largest absolute Gasteiger partial charge is 0.304 e. The standard InChI is InChI=1S/C26H27N5OS2/c1-3-10-24-23(4-2)27-26-25(28-24)30(19-31(26)33-21-11-6-5-7-12-21)20-13-15-22(16-14-20)34(32)29-17-8-9-18-29/h3-7,10-16H,2,8-9,17-19H2,1H3/b10-3-. The van der Waals surface area contributed by atoms with E-state index in [4.69, 9.17) is 9.97 Å². The number of allylic oxidation sites excluding steroid dienone is 1. The van der Waals surface area contributed by atoms with Crippen molar-refractivity contribution in [3.63, 3.8) is 0 Å². The molecule has 0 aliphatic carbocycles. The van der Waals surface area contributed by atoms with Crippen molar-refractivity contribution < 1.29 is 4.21 Å². The van der Waals surface area contributed by atoms with Crippen LogP contribution in [0.3, 0.4) is 0 Å². The molecule has 3 heterocycles. The molecule has 2 aromatic carbocycles. The van der Waals surface area contributed by atoms with Gasteiger partial charge in [-0.15, -0.1) is 0 Å². The van der Waals surface area contributed by atoms with Crippen molar-refractivity contribution in [3.05, 3.63) is 78.6 Å². The Bertz CT molecular complexity index is 1220. The Morgan fingerprint density at radius 3 is 2.35 bits per heavy atom. The molecule has 0 radical (unpaired) electrons. The maximum atomic E-state index is 12.9.